The molecule has 0 aliphatic carbocycles. The van der Waals surface area contributed by atoms with Crippen LogP contribution in [0.5, 0.6) is 0 Å². The van der Waals surface area contributed by atoms with E-state index in [0.717, 1.165) is 18.9 Å². The lowest BCUT2D eigenvalue weighted by atomic mass is 10.0. The number of ether oxygens (including phenoxy) is 2. The summed E-state index contributed by atoms with van der Waals surface area (Å²) in [6.45, 7) is 2.23. The van der Waals surface area contributed by atoms with E-state index in [4.69, 9.17) is 9.47 Å². The number of piperidine rings is 1. The summed E-state index contributed by atoms with van der Waals surface area (Å²) in [5, 5.41) is 10.6. The number of non-ortho nitro benzene ring substituents is 1. The van der Waals surface area contributed by atoms with Crippen LogP contribution >= 0.6 is 0 Å². The Hall–Kier alpha value is -1.73. The van der Waals surface area contributed by atoms with Crippen LogP contribution < -0.4 is 4.90 Å². The van der Waals surface area contributed by atoms with Crippen LogP contribution in [0.1, 0.15) is 12.8 Å². The average molecular weight is 282 g/mol. The molecule has 2 aliphatic rings. The van der Waals surface area contributed by atoms with Crippen molar-refractivity contribution in [3.8, 4) is 0 Å². The summed E-state index contributed by atoms with van der Waals surface area (Å²) in [4.78, 5) is 11.9. The standard InChI is InChI=1S/C13H15FN2O4/c14-11-8-10(16(17)18)2-3-12(11)15-5-1-4-13(9-15)19-6-7-20-13/h2-3,8H,1,4-7,9H2. The van der Waals surface area contributed by atoms with Gasteiger partial charge in [0.2, 0.25) is 0 Å². The van der Waals surface area contributed by atoms with Crippen LogP contribution in [0, 0.1) is 15.9 Å². The summed E-state index contributed by atoms with van der Waals surface area (Å²) in [5.41, 5.74) is 0.111. The second kappa shape index (κ2) is 4.99. The van der Waals surface area contributed by atoms with Crippen molar-refractivity contribution >= 4 is 11.4 Å². The van der Waals surface area contributed by atoms with Crippen molar-refractivity contribution in [3.05, 3.63) is 34.1 Å². The number of hydrogen-bond acceptors (Lipinski definition) is 5. The molecule has 0 bridgehead atoms. The summed E-state index contributed by atoms with van der Waals surface area (Å²) >= 11 is 0. The summed E-state index contributed by atoms with van der Waals surface area (Å²) in [6.07, 6.45) is 1.62. The number of rotatable bonds is 2. The molecule has 0 atom stereocenters. The van der Waals surface area contributed by atoms with Crippen LogP contribution in [0.3, 0.4) is 0 Å². The van der Waals surface area contributed by atoms with E-state index in [2.05, 4.69) is 0 Å². The largest absolute Gasteiger partial charge is 0.364 e. The molecule has 2 fully saturated rings. The van der Waals surface area contributed by atoms with Crippen molar-refractivity contribution in [2.45, 2.75) is 18.6 Å². The lowest BCUT2D eigenvalue weighted by molar-refractivity contribution is -0.385. The number of nitro benzene ring substituents is 1. The minimum Gasteiger partial charge on any atom is -0.364 e. The van der Waals surface area contributed by atoms with Gasteiger partial charge in [-0.05, 0) is 12.5 Å². The number of hydrogen-bond donors (Lipinski definition) is 0. The van der Waals surface area contributed by atoms with Crippen LogP contribution in [0.2, 0.25) is 0 Å². The van der Waals surface area contributed by atoms with Crippen molar-refractivity contribution in [3.63, 3.8) is 0 Å². The van der Waals surface area contributed by atoms with Gasteiger partial charge < -0.3 is 14.4 Å². The predicted molar refractivity (Wildman–Crippen MR) is 69.1 cm³/mol. The van der Waals surface area contributed by atoms with Gasteiger partial charge in [-0.15, -0.1) is 0 Å². The predicted octanol–water partition coefficient (Wildman–Crippen LogP) is 2.08. The number of halogens is 1. The Morgan fingerprint density at radius 3 is 2.75 bits per heavy atom. The third-order valence-electron chi connectivity index (χ3n) is 3.71. The van der Waals surface area contributed by atoms with E-state index >= 15 is 0 Å². The second-order valence-corrected chi connectivity index (χ2v) is 5.03. The molecule has 6 nitrogen and oxygen atoms in total. The van der Waals surface area contributed by atoms with Gasteiger partial charge in [-0.2, -0.15) is 0 Å². The molecule has 0 N–H and O–H groups in total. The number of benzene rings is 1. The fraction of sp³-hybridized carbons (Fsp3) is 0.538. The third-order valence-corrected chi connectivity index (χ3v) is 3.71. The minimum absolute atomic E-state index is 0.244. The normalized spacial score (nSPS) is 21.4. The average Bonchev–Trinajstić information content (AvgIpc) is 2.86. The van der Waals surface area contributed by atoms with Gasteiger partial charge in [0, 0.05) is 19.0 Å². The molecule has 1 aromatic rings. The second-order valence-electron chi connectivity index (χ2n) is 5.03. The van der Waals surface area contributed by atoms with E-state index in [1.807, 2.05) is 4.90 Å². The molecule has 1 aromatic carbocycles. The van der Waals surface area contributed by atoms with E-state index in [1.165, 1.54) is 12.1 Å². The highest BCUT2D eigenvalue weighted by Gasteiger charge is 2.41. The van der Waals surface area contributed by atoms with Crippen LogP contribution in [-0.4, -0.2) is 37.0 Å². The first-order valence-corrected chi connectivity index (χ1v) is 6.56. The minimum atomic E-state index is -0.646. The summed E-state index contributed by atoms with van der Waals surface area (Å²) in [5.74, 6) is -1.24. The molecule has 0 aromatic heterocycles. The van der Waals surface area contributed by atoms with E-state index in [-0.39, 0.29) is 5.69 Å². The van der Waals surface area contributed by atoms with Crippen molar-refractivity contribution < 1.29 is 18.8 Å². The van der Waals surface area contributed by atoms with Crippen molar-refractivity contribution in [1.82, 2.24) is 0 Å². The molecular weight excluding hydrogens is 267 g/mol. The van der Waals surface area contributed by atoms with Gasteiger partial charge >= 0.3 is 0 Å². The van der Waals surface area contributed by atoms with E-state index < -0.39 is 16.5 Å². The van der Waals surface area contributed by atoms with Crippen LogP contribution in [0.4, 0.5) is 15.8 Å². The zero-order valence-electron chi connectivity index (χ0n) is 10.9. The zero-order valence-corrected chi connectivity index (χ0v) is 10.9. The van der Waals surface area contributed by atoms with E-state index in [9.17, 15) is 14.5 Å². The van der Waals surface area contributed by atoms with Gasteiger partial charge in [-0.3, -0.25) is 10.1 Å². The van der Waals surface area contributed by atoms with Crippen molar-refractivity contribution in [2.24, 2.45) is 0 Å². The molecular formula is C13H15FN2O4. The first-order chi connectivity index (χ1) is 9.60. The molecule has 0 amide bonds. The van der Waals surface area contributed by atoms with Crippen LogP contribution in [0.25, 0.3) is 0 Å². The molecule has 7 heteroatoms. The Kier molecular flexibility index (Phi) is 3.31. The van der Waals surface area contributed by atoms with Crippen molar-refractivity contribution in [2.75, 3.05) is 31.2 Å². The molecule has 108 valence electrons. The zero-order chi connectivity index (χ0) is 14.2. The van der Waals surface area contributed by atoms with Crippen LogP contribution in [-0.2, 0) is 9.47 Å². The van der Waals surface area contributed by atoms with E-state index in [0.29, 0.717) is 32.0 Å². The Morgan fingerprint density at radius 2 is 2.10 bits per heavy atom. The quantitative estimate of drug-likeness (QED) is 0.613. The molecule has 3 rings (SSSR count). The number of nitro groups is 1. The smallest absolute Gasteiger partial charge is 0.272 e. The first-order valence-electron chi connectivity index (χ1n) is 6.56. The third kappa shape index (κ3) is 2.34. The lowest BCUT2D eigenvalue weighted by Crippen LogP contribution is -2.49. The summed E-state index contributed by atoms with van der Waals surface area (Å²) < 4.78 is 25.3. The Labute approximate surface area is 115 Å². The van der Waals surface area contributed by atoms with Gasteiger partial charge in [0.1, 0.15) is 0 Å². The highest BCUT2D eigenvalue weighted by Crippen LogP contribution is 2.34. The van der Waals surface area contributed by atoms with Crippen LogP contribution in [0.15, 0.2) is 18.2 Å². The van der Waals surface area contributed by atoms with Gasteiger partial charge in [-0.1, -0.05) is 0 Å². The maximum atomic E-state index is 14.0. The van der Waals surface area contributed by atoms with Gasteiger partial charge in [0.15, 0.2) is 11.6 Å². The number of anilines is 1. The molecule has 0 saturated carbocycles. The Morgan fingerprint density at radius 1 is 1.35 bits per heavy atom. The molecule has 2 saturated heterocycles. The van der Waals surface area contributed by atoms with Gasteiger partial charge in [-0.25, -0.2) is 4.39 Å². The van der Waals surface area contributed by atoms with Gasteiger partial charge in [0.05, 0.1) is 36.4 Å². The summed E-state index contributed by atoms with van der Waals surface area (Å²) in [6, 6.07) is 3.71. The van der Waals surface area contributed by atoms with Gasteiger partial charge in [0.25, 0.3) is 5.69 Å². The SMILES string of the molecule is O=[N+]([O-])c1ccc(N2CCCC3(C2)OCCO3)c(F)c1. The fourth-order valence-corrected chi connectivity index (χ4v) is 2.79. The molecule has 1 spiro atoms. The molecule has 2 aliphatic heterocycles. The summed E-state index contributed by atoms with van der Waals surface area (Å²) in [7, 11) is 0. The highest BCUT2D eigenvalue weighted by atomic mass is 19.1. The fourth-order valence-electron chi connectivity index (χ4n) is 2.79. The molecule has 0 unspecified atom stereocenters. The van der Waals surface area contributed by atoms with Crippen molar-refractivity contribution in [1.29, 1.82) is 0 Å². The molecule has 20 heavy (non-hydrogen) atoms. The topological polar surface area (TPSA) is 64.8 Å². The first kappa shape index (κ1) is 13.3. The Balaban J connectivity index is 1.83. The number of nitrogens with zero attached hydrogens (tertiary/aromatic N) is 2. The maximum absolute atomic E-state index is 14.0. The molecule has 0 radical (unpaired) electrons. The molecule has 2 heterocycles. The lowest BCUT2D eigenvalue weighted by Gasteiger charge is -2.39. The Bertz CT molecular complexity index is 531. The van der Waals surface area contributed by atoms with E-state index in [1.54, 1.807) is 0 Å². The maximum Gasteiger partial charge on any atom is 0.272 e. The monoisotopic (exact) mass is 282 g/mol. The highest BCUT2D eigenvalue weighted by molar-refractivity contribution is 5.53.